The fraction of sp³-hybridized carbons (Fsp3) is 0.625. The zero-order valence-corrected chi connectivity index (χ0v) is 17.9. The average Bonchev–Trinajstić information content (AvgIpc) is 2.70. The number of hydrogen-bond acceptors (Lipinski definition) is 2. The van der Waals surface area contributed by atoms with E-state index in [2.05, 4.69) is 26.8 Å². The van der Waals surface area contributed by atoms with Gasteiger partial charge in [-0.1, -0.05) is 43.2 Å². The zero-order chi connectivity index (χ0) is 20.0. The number of carbonyl (C=O) groups excluding carboxylic acids is 1. The molecule has 1 unspecified atom stereocenters. The summed E-state index contributed by atoms with van der Waals surface area (Å²) in [6.07, 6.45) is 8.86. The summed E-state index contributed by atoms with van der Waals surface area (Å²) >= 11 is 0. The van der Waals surface area contributed by atoms with Crippen molar-refractivity contribution >= 4 is 11.8 Å². The van der Waals surface area contributed by atoms with E-state index < -0.39 is 0 Å². The SMILES string of the molecule is CCCCN(C(=O)OC1CC2CC[N+]1(CCC=C(C)C)CC2)c1ccccc1. The van der Waals surface area contributed by atoms with Crippen LogP contribution in [0, 0.1) is 5.92 Å². The maximum atomic E-state index is 13.2. The molecule has 3 aliphatic heterocycles. The van der Waals surface area contributed by atoms with Crippen LogP contribution in [0.15, 0.2) is 42.0 Å². The number of amides is 1. The molecule has 154 valence electrons. The summed E-state index contributed by atoms with van der Waals surface area (Å²) in [4.78, 5) is 15.0. The van der Waals surface area contributed by atoms with Gasteiger partial charge in [-0.3, -0.25) is 9.38 Å². The van der Waals surface area contributed by atoms with Crippen molar-refractivity contribution in [2.45, 2.75) is 65.5 Å². The number of anilines is 1. The highest BCUT2D eigenvalue weighted by molar-refractivity contribution is 5.87. The van der Waals surface area contributed by atoms with Crippen molar-refractivity contribution in [2.75, 3.05) is 31.1 Å². The topological polar surface area (TPSA) is 29.5 Å². The van der Waals surface area contributed by atoms with Gasteiger partial charge in [-0.05, 0) is 38.3 Å². The molecule has 0 saturated carbocycles. The van der Waals surface area contributed by atoms with Crippen molar-refractivity contribution in [3.05, 3.63) is 42.0 Å². The van der Waals surface area contributed by atoms with Gasteiger partial charge in [-0.2, -0.15) is 0 Å². The molecule has 0 radical (unpaired) electrons. The minimum Gasteiger partial charge on any atom is -0.396 e. The molecule has 4 nitrogen and oxygen atoms in total. The van der Waals surface area contributed by atoms with Crippen LogP contribution in [0.4, 0.5) is 10.5 Å². The number of piperidine rings is 3. The largest absolute Gasteiger partial charge is 0.418 e. The molecule has 1 atom stereocenters. The van der Waals surface area contributed by atoms with Crippen molar-refractivity contribution in [2.24, 2.45) is 5.92 Å². The number of benzene rings is 1. The van der Waals surface area contributed by atoms with E-state index in [1.807, 2.05) is 35.2 Å². The van der Waals surface area contributed by atoms with E-state index in [0.29, 0.717) is 6.54 Å². The summed E-state index contributed by atoms with van der Waals surface area (Å²) in [5, 5.41) is 0. The summed E-state index contributed by atoms with van der Waals surface area (Å²) in [6, 6.07) is 9.97. The number of quaternary nitrogens is 1. The van der Waals surface area contributed by atoms with E-state index in [1.54, 1.807) is 0 Å². The van der Waals surface area contributed by atoms with Gasteiger partial charge in [-0.25, -0.2) is 4.79 Å². The lowest BCUT2D eigenvalue weighted by atomic mass is 9.84. The first-order valence-electron chi connectivity index (χ1n) is 11.1. The Labute approximate surface area is 170 Å². The van der Waals surface area contributed by atoms with Crippen LogP contribution in [0.25, 0.3) is 0 Å². The maximum Gasteiger partial charge on any atom is 0.418 e. The van der Waals surface area contributed by atoms with Crippen molar-refractivity contribution in [1.82, 2.24) is 0 Å². The minimum absolute atomic E-state index is 0.0124. The summed E-state index contributed by atoms with van der Waals surface area (Å²) in [6.45, 7) is 10.6. The number of para-hydroxylation sites is 1. The van der Waals surface area contributed by atoms with Gasteiger partial charge < -0.3 is 4.74 Å². The number of carbonyl (C=O) groups is 1. The predicted molar refractivity (Wildman–Crippen MR) is 115 cm³/mol. The second-order valence-corrected chi connectivity index (χ2v) is 8.82. The highest BCUT2D eigenvalue weighted by atomic mass is 16.6. The van der Waals surface area contributed by atoms with Gasteiger partial charge in [0.15, 0.2) is 0 Å². The normalized spacial score (nSPS) is 26.0. The molecule has 0 spiro atoms. The third-order valence-corrected chi connectivity index (χ3v) is 6.50. The van der Waals surface area contributed by atoms with E-state index in [1.165, 1.54) is 18.4 Å². The number of rotatable bonds is 8. The highest BCUT2D eigenvalue weighted by Gasteiger charge is 2.49. The fourth-order valence-corrected chi connectivity index (χ4v) is 4.74. The van der Waals surface area contributed by atoms with Gasteiger partial charge >= 0.3 is 6.09 Å². The summed E-state index contributed by atoms with van der Waals surface area (Å²) in [5.41, 5.74) is 2.31. The predicted octanol–water partition coefficient (Wildman–Crippen LogP) is 5.74. The van der Waals surface area contributed by atoms with E-state index in [4.69, 9.17) is 4.74 Å². The quantitative estimate of drug-likeness (QED) is 0.422. The monoisotopic (exact) mass is 385 g/mol. The summed E-state index contributed by atoms with van der Waals surface area (Å²) in [7, 11) is 0. The Balaban J connectivity index is 1.73. The van der Waals surface area contributed by atoms with Crippen LogP contribution in [0.3, 0.4) is 0 Å². The zero-order valence-electron chi connectivity index (χ0n) is 17.9. The van der Waals surface area contributed by atoms with Crippen molar-refractivity contribution in [1.29, 1.82) is 0 Å². The number of nitrogens with zero attached hydrogens (tertiary/aromatic N) is 2. The molecule has 3 fully saturated rings. The van der Waals surface area contributed by atoms with E-state index in [0.717, 1.165) is 61.4 Å². The third-order valence-electron chi connectivity index (χ3n) is 6.50. The fourth-order valence-electron chi connectivity index (χ4n) is 4.74. The first-order valence-corrected chi connectivity index (χ1v) is 11.1. The molecule has 4 heteroatoms. The first-order chi connectivity index (χ1) is 13.5. The third kappa shape index (κ3) is 4.96. The Bertz CT molecular complexity index is 658. The molecule has 1 aromatic rings. The Morgan fingerprint density at radius 3 is 2.57 bits per heavy atom. The Morgan fingerprint density at radius 1 is 1.21 bits per heavy atom. The smallest absolute Gasteiger partial charge is 0.396 e. The van der Waals surface area contributed by atoms with Crippen LogP contribution < -0.4 is 4.90 Å². The van der Waals surface area contributed by atoms with E-state index in [9.17, 15) is 4.79 Å². The molecular weight excluding hydrogens is 348 g/mol. The molecule has 28 heavy (non-hydrogen) atoms. The van der Waals surface area contributed by atoms with Gasteiger partial charge in [0, 0.05) is 37.9 Å². The number of unbranched alkanes of at least 4 members (excludes halogenated alkanes) is 1. The van der Waals surface area contributed by atoms with Crippen LogP contribution in [-0.4, -0.2) is 43.0 Å². The molecule has 1 amide bonds. The minimum atomic E-state index is -0.170. The Kier molecular flexibility index (Phi) is 7.17. The van der Waals surface area contributed by atoms with Gasteiger partial charge in [0.2, 0.25) is 6.23 Å². The van der Waals surface area contributed by atoms with Gasteiger partial charge in [0.05, 0.1) is 19.6 Å². The Morgan fingerprint density at radius 2 is 1.93 bits per heavy atom. The van der Waals surface area contributed by atoms with Crippen LogP contribution in [0.1, 0.15) is 59.3 Å². The number of ether oxygens (including phenoxy) is 1. The van der Waals surface area contributed by atoms with Crippen LogP contribution >= 0.6 is 0 Å². The summed E-state index contributed by atoms with van der Waals surface area (Å²) in [5.74, 6) is 0.724. The molecule has 3 heterocycles. The average molecular weight is 386 g/mol. The first kappa shape index (κ1) is 20.9. The molecule has 0 aliphatic carbocycles. The standard InChI is InChI=1S/C24H37N2O2/c1-4-5-15-25(22-11-7-6-8-12-22)24(27)28-23-19-21-13-17-26(23,18-14-21)16-9-10-20(2)3/h6-8,10-12,21,23H,4-5,9,13-19H2,1-3H3/q+1. The Hall–Kier alpha value is -1.81. The molecule has 0 N–H and O–H groups in total. The van der Waals surface area contributed by atoms with Gasteiger partial charge in [0.1, 0.15) is 0 Å². The second-order valence-electron chi connectivity index (χ2n) is 8.82. The maximum absolute atomic E-state index is 13.2. The van der Waals surface area contributed by atoms with Crippen molar-refractivity contribution in [3.63, 3.8) is 0 Å². The van der Waals surface area contributed by atoms with Gasteiger partial charge in [-0.15, -0.1) is 0 Å². The van der Waals surface area contributed by atoms with Crippen LogP contribution in [0.5, 0.6) is 0 Å². The molecule has 2 bridgehead atoms. The molecule has 0 aromatic heterocycles. The molecule has 3 saturated heterocycles. The lowest BCUT2D eigenvalue weighted by molar-refractivity contribution is -0.983. The molecule has 3 aliphatic rings. The van der Waals surface area contributed by atoms with Crippen molar-refractivity contribution in [3.8, 4) is 0 Å². The number of hydrogen-bond donors (Lipinski definition) is 0. The number of allylic oxidation sites excluding steroid dienone is 1. The van der Waals surface area contributed by atoms with Gasteiger partial charge in [0.25, 0.3) is 0 Å². The second kappa shape index (κ2) is 9.60. The molecule has 4 rings (SSSR count). The van der Waals surface area contributed by atoms with Crippen molar-refractivity contribution < 1.29 is 14.0 Å². The summed E-state index contributed by atoms with van der Waals surface area (Å²) < 4.78 is 7.20. The molecule has 1 aromatic carbocycles. The van der Waals surface area contributed by atoms with E-state index >= 15 is 0 Å². The molecular formula is C24H37N2O2+. The van der Waals surface area contributed by atoms with Crippen LogP contribution in [0.2, 0.25) is 0 Å². The highest BCUT2D eigenvalue weighted by Crippen LogP contribution is 2.39. The van der Waals surface area contributed by atoms with Crippen LogP contribution in [-0.2, 0) is 4.74 Å². The lowest BCUT2D eigenvalue weighted by Crippen LogP contribution is -2.65. The lowest BCUT2D eigenvalue weighted by Gasteiger charge is -2.53. The number of fused-ring (bicyclic) bond motifs is 3. The van der Waals surface area contributed by atoms with E-state index in [-0.39, 0.29) is 12.3 Å².